The molecule has 1 unspecified atom stereocenters. The third kappa shape index (κ3) is 7.86. The van der Waals surface area contributed by atoms with Crippen LogP contribution in [0.25, 0.3) is 0 Å². The summed E-state index contributed by atoms with van der Waals surface area (Å²) >= 11 is 0. The van der Waals surface area contributed by atoms with Gasteiger partial charge in [-0.15, -0.1) is 0 Å². The zero-order chi connectivity index (χ0) is 13.8. The fraction of sp³-hybridized carbons (Fsp3) is 0.714. The number of esters is 1. The maximum absolute atomic E-state index is 11.1. The molecular formula is C14H23NO3. The maximum atomic E-state index is 11.1. The number of nitriles is 1. The highest BCUT2D eigenvalue weighted by atomic mass is 16.6. The van der Waals surface area contributed by atoms with Crippen molar-refractivity contribution < 1.29 is 14.3 Å². The third-order valence-electron chi connectivity index (χ3n) is 2.74. The summed E-state index contributed by atoms with van der Waals surface area (Å²) in [6.07, 6.45) is 4.70. The summed E-state index contributed by atoms with van der Waals surface area (Å²) in [5, 5.41) is 8.41. The first-order chi connectivity index (χ1) is 8.65. The summed E-state index contributed by atoms with van der Waals surface area (Å²) in [4.78, 5) is 11.1. The molecule has 4 nitrogen and oxygen atoms in total. The van der Waals surface area contributed by atoms with Gasteiger partial charge in [-0.05, 0) is 12.3 Å². The molecule has 0 aliphatic heterocycles. The van der Waals surface area contributed by atoms with E-state index in [0.717, 1.165) is 6.42 Å². The van der Waals surface area contributed by atoms with Crippen LogP contribution in [0.2, 0.25) is 0 Å². The smallest absolute Gasteiger partial charge is 0.348 e. The second-order valence-electron chi connectivity index (χ2n) is 4.22. The Balaban J connectivity index is 3.58. The van der Waals surface area contributed by atoms with Gasteiger partial charge < -0.3 is 9.47 Å². The van der Waals surface area contributed by atoms with Crippen molar-refractivity contribution >= 4 is 5.97 Å². The number of carbonyl (C=O) groups excluding carboxylic acids is 1. The van der Waals surface area contributed by atoms with Gasteiger partial charge in [0.25, 0.3) is 0 Å². The highest BCUT2D eigenvalue weighted by Crippen LogP contribution is 2.12. The number of hydrogen-bond donors (Lipinski definition) is 0. The zero-order valence-corrected chi connectivity index (χ0v) is 11.4. The van der Waals surface area contributed by atoms with Crippen LogP contribution >= 0.6 is 0 Å². The van der Waals surface area contributed by atoms with Crippen LogP contribution < -0.4 is 0 Å². The molecule has 18 heavy (non-hydrogen) atoms. The quantitative estimate of drug-likeness (QED) is 0.260. The Morgan fingerprint density at radius 2 is 2.11 bits per heavy atom. The van der Waals surface area contributed by atoms with E-state index in [1.165, 1.54) is 19.3 Å². The van der Waals surface area contributed by atoms with Gasteiger partial charge in [0, 0.05) is 6.61 Å². The van der Waals surface area contributed by atoms with Crippen molar-refractivity contribution in [1.29, 1.82) is 5.26 Å². The van der Waals surface area contributed by atoms with Gasteiger partial charge in [0.15, 0.2) is 0 Å². The van der Waals surface area contributed by atoms with E-state index in [0.29, 0.717) is 19.1 Å². The van der Waals surface area contributed by atoms with Crippen LogP contribution in [0.15, 0.2) is 12.2 Å². The molecule has 0 radical (unpaired) electrons. The average Bonchev–Trinajstić information content (AvgIpc) is 2.40. The molecule has 0 bridgehead atoms. The van der Waals surface area contributed by atoms with Crippen molar-refractivity contribution in [3.05, 3.63) is 12.2 Å². The predicted octanol–water partition coefficient (Wildman–Crippen LogP) is 2.84. The fourth-order valence-electron chi connectivity index (χ4n) is 1.47. The molecule has 0 saturated carbocycles. The molecule has 1 atom stereocenters. The van der Waals surface area contributed by atoms with Gasteiger partial charge >= 0.3 is 5.97 Å². The Morgan fingerprint density at radius 1 is 1.39 bits per heavy atom. The van der Waals surface area contributed by atoms with Gasteiger partial charge in [-0.3, -0.25) is 0 Å². The predicted molar refractivity (Wildman–Crippen MR) is 69.8 cm³/mol. The summed E-state index contributed by atoms with van der Waals surface area (Å²) in [5.41, 5.74) is -0.176. The van der Waals surface area contributed by atoms with Crippen molar-refractivity contribution in [3.63, 3.8) is 0 Å². The molecule has 0 aromatic carbocycles. The lowest BCUT2D eigenvalue weighted by Gasteiger charge is -2.14. The van der Waals surface area contributed by atoms with Crippen LogP contribution in [0.3, 0.4) is 0 Å². The first kappa shape index (κ1) is 16.7. The minimum absolute atomic E-state index is 0.170. The van der Waals surface area contributed by atoms with Crippen molar-refractivity contribution in [1.82, 2.24) is 0 Å². The number of hydrogen-bond acceptors (Lipinski definition) is 4. The number of unbranched alkanes of at least 4 members (excludes halogenated alkanes) is 1. The highest BCUT2D eigenvalue weighted by molar-refractivity contribution is 5.91. The summed E-state index contributed by atoms with van der Waals surface area (Å²) in [6.45, 7) is 8.84. The molecule has 0 fully saturated rings. The van der Waals surface area contributed by atoms with Crippen molar-refractivity contribution in [2.75, 3.05) is 19.8 Å². The average molecular weight is 253 g/mol. The van der Waals surface area contributed by atoms with E-state index >= 15 is 0 Å². The Bertz CT molecular complexity index is 294. The number of nitrogens with zero attached hydrogens (tertiary/aromatic N) is 1. The van der Waals surface area contributed by atoms with Gasteiger partial charge in [-0.2, -0.15) is 5.26 Å². The van der Waals surface area contributed by atoms with Gasteiger partial charge in [-0.25, -0.2) is 4.79 Å². The van der Waals surface area contributed by atoms with E-state index < -0.39 is 5.97 Å². The minimum atomic E-state index is -0.667. The summed E-state index contributed by atoms with van der Waals surface area (Å²) in [6, 6.07) is 1.65. The first-order valence-electron chi connectivity index (χ1n) is 6.49. The molecule has 0 aromatic rings. The van der Waals surface area contributed by atoms with Gasteiger partial charge in [0.05, 0.1) is 6.61 Å². The normalized spacial score (nSPS) is 11.6. The first-order valence-corrected chi connectivity index (χ1v) is 6.49. The number of ether oxygens (including phenoxy) is 2. The van der Waals surface area contributed by atoms with Crippen molar-refractivity contribution in [2.24, 2.45) is 5.92 Å². The Morgan fingerprint density at radius 3 is 2.67 bits per heavy atom. The Kier molecular flexibility index (Phi) is 9.99. The van der Waals surface area contributed by atoms with Gasteiger partial charge in [-0.1, -0.05) is 39.7 Å². The number of carbonyl (C=O) groups is 1. The molecule has 0 amide bonds. The molecule has 0 saturated heterocycles. The lowest BCUT2D eigenvalue weighted by molar-refractivity contribution is -0.140. The van der Waals surface area contributed by atoms with Gasteiger partial charge in [0.2, 0.25) is 0 Å². The minimum Gasteiger partial charge on any atom is -0.459 e. The summed E-state index contributed by atoms with van der Waals surface area (Å²) in [7, 11) is 0. The second-order valence-corrected chi connectivity index (χ2v) is 4.22. The van der Waals surface area contributed by atoms with Crippen LogP contribution in [0.1, 0.15) is 39.5 Å². The molecule has 0 N–H and O–H groups in total. The standard InChI is InChI=1S/C14H23NO3/c1-4-6-7-13(5-2)11-17-8-9-18-14(16)12(3)10-15/h13H,3-9,11H2,1-2H3. The van der Waals surface area contributed by atoms with E-state index in [1.54, 1.807) is 6.07 Å². The van der Waals surface area contributed by atoms with Crippen molar-refractivity contribution in [2.45, 2.75) is 39.5 Å². The molecule has 102 valence electrons. The van der Waals surface area contributed by atoms with E-state index in [1.807, 2.05) is 0 Å². The van der Waals surface area contributed by atoms with Crippen molar-refractivity contribution in [3.8, 4) is 6.07 Å². The molecule has 4 heteroatoms. The largest absolute Gasteiger partial charge is 0.459 e. The van der Waals surface area contributed by atoms with E-state index in [2.05, 4.69) is 20.4 Å². The van der Waals surface area contributed by atoms with Crippen LogP contribution in [-0.2, 0) is 14.3 Å². The number of rotatable bonds is 10. The van der Waals surface area contributed by atoms with E-state index in [9.17, 15) is 4.79 Å². The van der Waals surface area contributed by atoms with Crippen LogP contribution in [0.4, 0.5) is 0 Å². The van der Waals surface area contributed by atoms with E-state index in [4.69, 9.17) is 14.7 Å². The fourth-order valence-corrected chi connectivity index (χ4v) is 1.47. The van der Waals surface area contributed by atoms with Gasteiger partial charge in [0.1, 0.15) is 18.2 Å². The zero-order valence-electron chi connectivity index (χ0n) is 11.4. The monoisotopic (exact) mass is 253 g/mol. The van der Waals surface area contributed by atoms with Crippen LogP contribution in [0.5, 0.6) is 0 Å². The SMILES string of the molecule is C=C(C#N)C(=O)OCCOCC(CC)CCCC. The molecular weight excluding hydrogens is 230 g/mol. The topological polar surface area (TPSA) is 59.3 Å². The lowest BCUT2D eigenvalue weighted by Crippen LogP contribution is -2.15. The molecule has 0 heterocycles. The third-order valence-corrected chi connectivity index (χ3v) is 2.74. The molecule has 0 spiro atoms. The van der Waals surface area contributed by atoms with E-state index in [-0.39, 0.29) is 12.2 Å². The summed E-state index contributed by atoms with van der Waals surface area (Å²) < 4.78 is 10.3. The molecule has 0 aromatic heterocycles. The molecule has 0 aliphatic rings. The lowest BCUT2D eigenvalue weighted by atomic mass is 10.0. The Hall–Kier alpha value is -1.34. The Labute approximate surface area is 110 Å². The maximum Gasteiger partial charge on any atom is 0.348 e. The molecule has 0 rings (SSSR count). The second kappa shape index (κ2) is 10.8. The molecule has 0 aliphatic carbocycles. The highest BCUT2D eigenvalue weighted by Gasteiger charge is 2.08. The van der Waals surface area contributed by atoms with Crippen LogP contribution in [-0.4, -0.2) is 25.8 Å². The van der Waals surface area contributed by atoms with Crippen LogP contribution in [0, 0.1) is 17.2 Å². The summed E-state index contributed by atoms with van der Waals surface area (Å²) in [5.74, 6) is -0.0890.